The SMILES string of the molecule is CCNC(=NCc1ccc(COC2CCOCC2)cc1)N1CCN(c2cccs2)CC1. The van der Waals surface area contributed by atoms with Gasteiger partial charge in [0.25, 0.3) is 0 Å². The van der Waals surface area contributed by atoms with Gasteiger partial charge in [-0.25, -0.2) is 4.99 Å². The Kier molecular flexibility index (Phi) is 8.21. The van der Waals surface area contributed by atoms with E-state index in [1.807, 2.05) is 11.3 Å². The number of nitrogens with zero attached hydrogens (tertiary/aromatic N) is 3. The molecule has 2 aliphatic heterocycles. The van der Waals surface area contributed by atoms with Crippen molar-refractivity contribution in [2.45, 2.75) is 39.0 Å². The van der Waals surface area contributed by atoms with Gasteiger partial charge in [0.2, 0.25) is 0 Å². The van der Waals surface area contributed by atoms with Crippen LogP contribution in [-0.2, 0) is 22.6 Å². The van der Waals surface area contributed by atoms with Crippen LogP contribution in [0.1, 0.15) is 30.9 Å². The molecule has 0 saturated carbocycles. The second-order valence-electron chi connectivity index (χ2n) is 8.03. The zero-order chi connectivity index (χ0) is 21.3. The molecule has 168 valence electrons. The quantitative estimate of drug-likeness (QED) is 0.523. The van der Waals surface area contributed by atoms with Crippen molar-refractivity contribution in [3.63, 3.8) is 0 Å². The highest BCUT2D eigenvalue weighted by Gasteiger charge is 2.20. The first kappa shape index (κ1) is 22.1. The highest BCUT2D eigenvalue weighted by Crippen LogP contribution is 2.22. The van der Waals surface area contributed by atoms with Crippen LogP contribution in [0.5, 0.6) is 0 Å². The third-order valence-corrected chi connectivity index (χ3v) is 6.75. The molecule has 2 aromatic rings. The summed E-state index contributed by atoms with van der Waals surface area (Å²) in [4.78, 5) is 9.76. The lowest BCUT2D eigenvalue weighted by Gasteiger charge is -2.37. The van der Waals surface area contributed by atoms with Crippen molar-refractivity contribution in [2.75, 3.05) is 50.8 Å². The summed E-state index contributed by atoms with van der Waals surface area (Å²) >= 11 is 1.82. The molecule has 6 nitrogen and oxygen atoms in total. The Bertz CT molecular complexity index is 795. The molecule has 31 heavy (non-hydrogen) atoms. The van der Waals surface area contributed by atoms with Crippen molar-refractivity contribution in [1.82, 2.24) is 10.2 Å². The number of nitrogens with one attached hydrogen (secondary N) is 1. The van der Waals surface area contributed by atoms with Gasteiger partial charge in [0.15, 0.2) is 5.96 Å². The standard InChI is InChI=1S/C24H34N4O2S/c1-2-25-24(28-13-11-27(12-14-28)23-4-3-17-31-23)26-18-20-5-7-21(8-6-20)19-30-22-9-15-29-16-10-22/h3-8,17,22H,2,9-16,18-19H2,1H3,(H,25,26). The van der Waals surface area contributed by atoms with E-state index in [9.17, 15) is 0 Å². The lowest BCUT2D eigenvalue weighted by Crippen LogP contribution is -2.52. The molecule has 4 rings (SSSR count). The maximum absolute atomic E-state index is 6.03. The maximum Gasteiger partial charge on any atom is 0.194 e. The summed E-state index contributed by atoms with van der Waals surface area (Å²) in [5.74, 6) is 1.01. The molecule has 7 heteroatoms. The average molecular weight is 443 g/mol. The molecule has 0 aliphatic carbocycles. The molecule has 0 amide bonds. The summed E-state index contributed by atoms with van der Waals surface area (Å²) in [7, 11) is 0. The van der Waals surface area contributed by atoms with E-state index in [1.165, 1.54) is 16.1 Å². The van der Waals surface area contributed by atoms with Crippen LogP contribution in [0.3, 0.4) is 0 Å². The fraction of sp³-hybridized carbons (Fsp3) is 0.542. The van der Waals surface area contributed by atoms with Gasteiger partial charge in [-0.3, -0.25) is 0 Å². The van der Waals surface area contributed by atoms with Crippen molar-refractivity contribution in [2.24, 2.45) is 4.99 Å². The molecule has 0 unspecified atom stereocenters. The average Bonchev–Trinajstić information content (AvgIpc) is 3.37. The normalized spacial score (nSPS) is 18.4. The van der Waals surface area contributed by atoms with Crippen molar-refractivity contribution >= 4 is 22.3 Å². The number of thiophene rings is 1. The molecule has 0 spiro atoms. The van der Waals surface area contributed by atoms with Crippen LogP contribution in [0.4, 0.5) is 5.00 Å². The Morgan fingerprint density at radius 3 is 2.52 bits per heavy atom. The smallest absolute Gasteiger partial charge is 0.194 e. The predicted molar refractivity (Wildman–Crippen MR) is 128 cm³/mol. The Balaban J connectivity index is 1.28. The number of anilines is 1. The topological polar surface area (TPSA) is 49.3 Å². The van der Waals surface area contributed by atoms with Gasteiger partial charge in [0.1, 0.15) is 0 Å². The molecule has 1 N–H and O–H groups in total. The Hall–Kier alpha value is -2.09. The Labute approximate surface area is 189 Å². The molecule has 2 aliphatic rings. The van der Waals surface area contributed by atoms with Gasteiger partial charge in [0, 0.05) is 45.9 Å². The van der Waals surface area contributed by atoms with Gasteiger partial charge in [-0.15, -0.1) is 11.3 Å². The van der Waals surface area contributed by atoms with Crippen molar-refractivity contribution in [3.05, 3.63) is 52.9 Å². The second kappa shape index (κ2) is 11.5. The lowest BCUT2D eigenvalue weighted by molar-refractivity contribution is -0.0390. The number of rotatable bonds is 7. The van der Waals surface area contributed by atoms with Gasteiger partial charge < -0.3 is 24.6 Å². The lowest BCUT2D eigenvalue weighted by atomic mass is 10.1. The van der Waals surface area contributed by atoms with Crippen molar-refractivity contribution in [3.8, 4) is 0 Å². The number of piperazine rings is 1. The predicted octanol–water partition coefficient (Wildman–Crippen LogP) is 3.73. The summed E-state index contributed by atoms with van der Waals surface area (Å²) in [5.41, 5.74) is 2.44. The third-order valence-electron chi connectivity index (χ3n) is 5.82. The van der Waals surface area contributed by atoms with E-state index in [1.54, 1.807) is 0 Å². The van der Waals surface area contributed by atoms with Crippen LogP contribution in [-0.4, -0.2) is 62.9 Å². The van der Waals surface area contributed by atoms with E-state index in [-0.39, 0.29) is 0 Å². The summed E-state index contributed by atoms with van der Waals surface area (Å²) in [6, 6.07) is 13.0. The summed E-state index contributed by atoms with van der Waals surface area (Å²) in [6.45, 7) is 10.1. The zero-order valence-corrected chi connectivity index (χ0v) is 19.3. The summed E-state index contributed by atoms with van der Waals surface area (Å²) in [6.07, 6.45) is 2.34. The molecule has 1 aromatic heterocycles. The second-order valence-corrected chi connectivity index (χ2v) is 8.96. The van der Waals surface area contributed by atoms with Crippen LogP contribution in [0.2, 0.25) is 0 Å². The molecule has 0 radical (unpaired) electrons. The first-order valence-corrected chi connectivity index (χ1v) is 12.3. The fourth-order valence-corrected chi connectivity index (χ4v) is 4.76. The van der Waals surface area contributed by atoms with Gasteiger partial charge in [-0.1, -0.05) is 24.3 Å². The molecule has 2 saturated heterocycles. The number of hydrogen-bond donors (Lipinski definition) is 1. The molecule has 0 bridgehead atoms. The first-order valence-electron chi connectivity index (χ1n) is 11.4. The number of benzene rings is 1. The Morgan fingerprint density at radius 2 is 1.84 bits per heavy atom. The van der Waals surface area contributed by atoms with Gasteiger partial charge >= 0.3 is 0 Å². The van der Waals surface area contributed by atoms with E-state index < -0.39 is 0 Å². The van der Waals surface area contributed by atoms with E-state index in [0.29, 0.717) is 19.3 Å². The largest absolute Gasteiger partial charge is 0.381 e. The molecule has 3 heterocycles. The van der Waals surface area contributed by atoms with Crippen LogP contribution in [0.15, 0.2) is 46.8 Å². The number of guanidine groups is 1. The molecular formula is C24H34N4O2S. The summed E-state index contributed by atoms with van der Waals surface area (Å²) in [5, 5.41) is 6.98. The molecule has 1 aromatic carbocycles. The minimum absolute atomic E-state index is 0.334. The van der Waals surface area contributed by atoms with E-state index in [2.05, 4.69) is 63.8 Å². The third kappa shape index (κ3) is 6.45. The number of hydrogen-bond acceptors (Lipinski definition) is 5. The number of ether oxygens (including phenoxy) is 2. The maximum atomic E-state index is 6.03. The van der Waals surface area contributed by atoms with Gasteiger partial charge in [0.05, 0.1) is 24.3 Å². The van der Waals surface area contributed by atoms with E-state index in [0.717, 1.165) is 64.7 Å². The monoisotopic (exact) mass is 442 g/mol. The fourth-order valence-electron chi connectivity index (χ4n) is 3.98. The van der Waals surface area contributed by atoms with Crippen LogP contribution in [0.25, 0.3) is 0 Å². The van der Waals surface area contributed by atoms with Gasteiger partial charge in [-0.05, 0) is 48.4 Å². The van der Waals surface area contributed by atoms with Gasteiger partial charge in [-0.2, -0.15) is 0 Å². The highest BCUT2D eigenvalue weighted by atomic mass is 32.1. The zero-order valence-electron chi connectivity index (χ0n) is 18.5. The minimum atomic E-state index is 0.334. The molecule has 2 fully saturated rings. The van der Waals surface area contributed by atoms with Crippen molar-refractivity contribution < 1.29 is 9.47 Å². The highest BCUT2D eigenvalue weighted by molar-refractivity contribution is 7.14. The Morgan fingerprint density at radius 1 is 1.10 bits per heavy atom. The summed E-state index contributed by atoms with van der Waals surface area (Å²) < 4.78 is 11.4. The van der Waals surface area contributed by atoms with E-state index >= 15 is 0 Å². The molecular weight excluding hydrogens is 408 g/mol. The van der Waals surface area contributed by atoms with Crippen LogP contribution in [0, 0.1) is 0 Å². The minimum Gasteiger partial charge on any atom is -0.381 e. The van der Waals surface area contributed by atoms with E-state index in [4.69, 9.17) is 14.5 Å². The van der Waals surface area contributed by atoms with Crippen LogP contribution < -0.4 is 10.2 Å². The number of aliphatic imine (C=N–C) groups is 1. The van der Waals surface area contributed by atoms with Crippen LogP contribution >= 0.6 is 11.3 Å². The van der Waals surface area contributed by atoms with Crippen molar-refractivity contribution in [1.29, 1.82) is 0 Å². The first-order chi connectivity index (χ1) is 15.3. The molecule has 0 atom stereocenters.